The maximum absolute atomic E-state index is 9.76. The lowest BCUT2D eigenvalue weighted by molar-refractivity contribution is 0.0446. The first kappa shape index (κ1) is 17.2. The zero-order valence-corrected chi connectivity index (χ0v) is 14.2. The van der Waals surface area contributed by atoms with Gasteiger partial charge in [-0.1, -0.05) is 39.5 Å². The second-order valence-electron chi connectivity index (χ2n) is 7.62. The smallest absolute Gasteiger partial charge is 0.0586 e. The Kier molecular flexibility index (Phi) is 6.97. The van der Waals surface area contributed by atoms with Crippen LogP contribution in [0.5, 0.6) is 0 Å². The van der Waals surface area contributed by atoms with Crippen LogP contribution < -0.4 is 5.32 Å². The summed E-state index contributed by atoms with van der Waals surface area (Å²) in [5, 5.41) is 13.4. The fourth-order valence-electron chi connectivity index (χ4n) is 4.24. The molecule has 0 amide bonds. The Morgan fingerprint density at radius 3 is 2.57 bits per heavy atom. The van der Waals surface area contributed by atoms with E-state index in [-0.39, 0.29) is 0 Å². The molecule has 1 atom stereocenters. The van der Waals surface area contributed by atoms with Crippen molar-refractivity contribution in [2.24, 2.45) is 11.3 Å². The summed E-state index contributed by atoms with van der Waals surface area (Å²) in [7, 11) is 0. The number of aliphatic hydroxyl groups excluding tert-OH is 1. The van der Waals surface area contributed by atoms with Gasteiger partial charge in [0.15, 0.2) is 0 Å². The number of rotatable bonds is 6. The van der Waals surface area contributed by atoms with Crippen LogP contribution in [-0.2, 0) is 0 Å². The molecule has 124 valence electrons. The quantitative estimate of drug-likeness (QED) is 0.791. The Balaban J connectivity index is 2.01. The largest absolute Gasteiger partial charge is 0.395 e. The van der Waals surface area contributed by atoms with Gasteiger partial charge >= 0.3 is 0 Å². The highest BCUT2D eigenvalue weighted by molar-refractivity contribution is 4.91. The summed E-state index contributed by atoms with van der Waals surface area (Å²) in [6.07, 6.45) is 10.6. The molecule has 0 aromatic heterocycles. The van der Waals surface area contributed by atoms with E-state index < -0.39 is 0 Å². The molecular formula is C18H36N2O. The number of nitrogens with zero attached hydrogens (tertiary/aromatic N) is 1. The van der Waals surface area contributed by atoms with Crippen LogP contribution in [0.15, 0.2) is 0 Å². The number of hydrogen-bond acceptors (Lipinski definition) is 3. The molecule has 3 nitrogen and oxygen atoms in total. The summed E-state index contributed by atoms with van der Waals surface area (Å²) in [5.74, 6) is 0.900. The molecule has 0 spiro atoms. The SMILES string of the molecule is CCNCC1(CN2CCCCCC2CO)CCC(C)CC1. The topological polar surface area (TPSA) is 35.5 Å². The first-order chi connectivity index (χ1) is 10.2. The summed E-state index contributed by atoms with van der Waals surface area (Å²) >= 11 is 0. The number of aliphatic hydroxyl groups is 1. The predicted molar refractivity (Wildman–Crippen MR) is 89.5 cm³/mol. The third-order valence-corrected chi connectivity index (χ3v) is 5.83. The third-order valence-electron chi connectivity index (χ3n) is 5.83. The summed E-state index contributed by atoms with van der Waals surface area (Å²) in [6.45, 7) is 9.56. The molecule has 1 heterocycles. The molecule has 21 heavy (non-hydrogen) atoms. The van der Waals surface area contributed by atoms with E-state index in [0.29, 0.717) is 18.1 Å². The van der Waals surface area contributed by atoms with Crippen LogP contribution in [0.1, 0.15) is 65.2 Å². The van der Waals surface area contributed by atoms with E-state index in [9.17, 15) is 5.11 Å². The third kappa shape index (κ3) is 4.94. The van der Waals surface area contributed by atoms with Crippen LogP contribution in [0.2, 0.25) is 0 Å². The van der Waals surface area contributed by atoms with Crippen molar-refractivity contribution in [1.29, 1.82) is 0 Å². The highest BCUT2D eigenvalue weighted by Crippen LogP contribution is 2.40. The maximum atomic E-state index is 9.76. The van der Waals surface area contributed by atoms with Crippen molar-refractivity contribution >= 4 is 0 Å². The number of nitrogens with one attached hydrogen (secondary N) is 1. The van der Waals surface area contributed by atoms with Crippen LogP contribution in [-0.4, -0.2) is 48.8 Å². The summed E-state index contributed by atoms with van der Waals surface area (Å²) in [4.78, 5) is 2.63. The van der Waals surface area contributed by atoms with Gasteiger partial charge < -0.3 is 10.4 Å². The van der Waals surface area contributed by atoms with Gasteiger partial charge in [-0.3, -0.25) is 4.90 Å². The van der Waals surface area contributed by atoms with Gasteiger partial charge in [0.25, 0.3) is 0 Å². The van der Waals surface area contributed by atoms with Crippen molar-refractivity contribution in [1.82, 2.24) is 10.2 Å². The van der Waals surface area contributed by atoms with E-state index in [1.165, 1.54) is 64.5 Å². The van der Waals surface area contributed by atoms with E-state index >= 15 is 0 Å². The minimum absolute atomic E-state index is 0.341. The molecule has 0 bridgehead atoms. The van der Waals surface area contributed by atoms with Crippen LogP contribution in [0, 0.1) is 11.3 Å². The average Bonchev–Trinajstić information content (AvgIpc) is 2.73. The maximum Gasteiger partial charge on any atom is 0.0586 e. The van der Waals surface area contributed by atoms with Crippen molar-refractivity contribution in [2.75, 3.05) is 32.8 Å². The van der Waals surface area contributed by atoms with Gasteiger partial charge in [0.05, 0.1) is 6.61 Å². The summed E-state index contributed by atoms with van der Waals surface area (Å²) in [6, 6.07) is 0.408. The normalized spacial score (nSPS) is 35.6. The van der Waals surface area contributed by atoms with Crippen LogP contribution in [0.25, 0.3) is 0 Å². The molecular weight excluding hydrogens is 260 g/mol. The molecule has 2 rings (SSSR count). The summed E-state index contributed by atoms with van der Waals surface area (Å²) < 4.78 is 0. The molecule has 3 heteroatoms. The highest BCUT2D eigenvalue weighted by Gasteiger charge is 2.37. The van der Waals surface area contributed by atoms with Gasteiger partial charge in [0, 0.05) is 19.1 Å². The van der Waals surface area contributed by atoms with E-state index in [0.717, 1.165) is 19.0 Å². The zero-order chi connectivity index (χ0) is 15.1. The van der Waals surface area contributed by atoms with Gasteiger partial charge in [-0.25, -0.2) is 0 Å². The Labute approximate surface area is 131 Å². The lowest BCUT2D eigenvalue weighted by Crippen LogP contribution is -2.50. The molecule has 1 aliphatic carbocycles. The molecule has 1 aliphatic heterocycles. The molecule has 1 unspecified atom stereocenters. The van der Waals surface area contributed by atoms with Crippen molar-refractivity contribution in [3.8, 4) is 0 Å². The van der Waals surface area contributed by atoms with Crippen LogP contribution in [0.4, 0.5) is 0 Å². The van der Waals surface area contributed by atoms with Crippen molar-refractivity contribution in [3.05, 3.63) is 0 Å². The fourth-order valence-corrected chi connectivity index (χ4v) is 4.24. The fraction of sp³-hybridized carbons (Fsp3) is 1.00. The standard InChI is InChI=1S/C18H36N2O/c1-3-19-14-18(10-8-16(2)9-11-18)15-20-12-6-4-5-7-17(20)13-21/h16-17,19,21H,3-15H2,1-2H3. The van der Waals surface area contributed by atoms with E-state index in [2.05, 4.69) is 24.1 Å². The molecule has 0 aromatic rings. The molecule has 1 saturated carbocycles. The van der Waals surface area contributed by atoms with Crippen molar-refractivity contribution in [2.45, 2.75) is 71.3 Å². The molecule has 1 saturated heterocycles. The second kappa shape index (κ2) is 8.50. The summed E-state index contributed by atoms with van der Waals surface area (Å²) in [5.41, 5.74) is 0.445. The van der Waals surface area contributed by atoms with Gasteiger partial charge in [0.1, 0.15) is 0 Å². The highest BCUT2D eigenvalue weighted by atomic mass is 16.3. The predicted octanol–water partition coefficient (Wildman–Crippen LogP) is 3.03. The van der Waals surface area contributed by atoms with Crippen LogP contribution in [0.3, 0.4) is 0 Å². The molecule has 2 fully saturated rings. The van der Waals surface area contributed by atoms with Crippen molar-refractivity contribution in [3.63, 3.8) is 0 Å². The van der Waals surface area contributed by atoms with E-state index in [1.54, 1.807) is 0 Å². The van der Waals surface area contributed by atoms with E-state index in [1.807, 2.05) is 0 Å². The second-order valence-corrected chi connectivity index (χ2v) is 7.62. The Hall–Kier alpha value is -0.120. The first-order valence-corrected chi connectivity index (χ1v) is 9.25. The Morgan fingerprint density at radius 1 is 1.14 bits per heavy atom. The molecule has 0 radical (unpaired) electrons. The van der Waals surface area contributed by atoms with Crippen molar-refractivity contribution < 1.29 is 5.11 Å². The number of hydrogen-bond donors (Lipinski definition) is 2. The molecule has 2 aliphatic rings. The average molecular weight is 296 g/mol. The van der Waals surface area contributed by atoms with Gasteiger partial charge in [-0.2, -0.15) is 0 Å². The lowest BCUT2D eigenvalue weighted by Gasteiger charge is -2.44. The first-order valence-electron chi connectivity index (χ1n) is 9.25. The molecule has 0 aromatic carbocycles. The van der Waals surface area contributed by atoms with E-state index in [4.69, 9.17) is 0 Å². The lowest BCUT2D eigenvalue weighted by atomic mass is 9.70. The minimum atomic E-state index is 0.341. The Bertz CT molecular complexity index is 281. The zero-order valence-electron chi connectivity index (χ0n) is 14.2. The van der Waals surface area contributed by atoms with Gasteiger partial charge in [-0.15, -0.1) is 0 Å². The molecule has 2 N–H and O–H groups in total. The minimum Gasteiger partial charge on any atom is -0.395 e. The van der Waals surface area contributed by atoms with Gasteiger partial charge in [0.2, 0.25) is 0 Å². The number of likely N-dealkylation sites (tertiary alicyclic amines) is 1. The van der Waals surface area contributed by atoms with Crippen LogP contribution >= 0.6 is 0 Å². The monoisotopic (exact) mass is 296 g/mol. The van der Waals surface area contributed by atoms with Gasteiger partial charge in [-0.05, 0) is 50.1 Å². The Morgan fingerprint density at radius 2 is 1.90 bits per heavy atom.